The standard InChI is InChI=1S/C15H17ClO4/c1-18-14(17)13-12(10-6-2-3-7-11(10)16)19-15(20-13)8-4-5-9-15/h2-3,6-7,12-13H,4-5,8-9H2,1H3/t12-,13+/m1/s1. The van der Waals surface area contributed by atoms with Crippen molar-refractivity contribution in [3.63, 3.8) is 0 Å². The van der Waals surface area contributed by atoms with Gasteiger partial charge in [-0.25, -0.2) is 4.79 Å². The molecule has 1 heterocycles. The topological polar surface area (TPSA) is 44.8 Å². The van der Waals surface area contributed by atoms with Gasteiger partial charge in [0.25, 0.3) is 0 Å². The van der Waals surface area contributed by atoms with E-state index in [0.29, 0.717) is 5.02 Å². The fourth-order valence-corrected chi connectivity index (χ4v) is 3.23. The molecule has 20 heavy (non-hydrogen) atoms. The Hall–Kier alpha value is -1.10. The van der Waals surface area contributed by atoms with Crippen LogP contribution in [0.1, 0.15) is 37.4 Å². The summed E-state index contributed by atoms with van der Waals surface area (Å²) >= 11 is 6.22. The lowest BCUT2D eigenvalue weighted by Crippen LogP contribution is -2.30. The van der Waals surface area contributed by atoms with Crippen molar-refractivity contribution >= 4 is 17.6 Å². The first-order valence-electron chi connectivity index (χ1n) is 6.83. The molecule has 1 aliphatic heterocycles. The first kappa shape index (κ1) is 13.9. The van der Waals surface area contributed by atoms with Crippen molar-refractivity contribution in [3.05, 3.63) is 34.9 Å². The number of hydrogen-bond donors (Lipinski definition) is 0. The largest absolute Gasteiger partial charge is 0.467 e. The molecule has 4 nitrogen and oxygen atoms in total. The minimum atomic E-state index is -0.752. The summed E-state index contributed by atoms with van der Waals surface area (Å²) in [5, 5.41) is 0.574. The maximum atomic E-state index is 12.0. The quantitative estimate of drug-likeness (QED) is 0.786. The van der Waals surface area contributed by atoms with Gasteiger partial charge in [-0.05, 0) is 18.9 Å². The van der Waals surface area contributed by atoms with Crippen LogP contribution in [0, 0.1) is 0 Å². The molecule has 5 heteroatoms. The number of carbonyl (C=O) groups is 1. The van der Waals surface area contributed by atoms with Crippen molar-refractivity contribution in [1.82, 2.24) is 0 Å². The van der Waals surface area contributed by atoms with E-state index < -0.39 is 24.0 Å². The highest BCUT2D eigenvalue weighted by molar-refractivity contribution is 6.31. The minimum Gasteiger partial charge on any atom is -0.467 e. The summed E-state index contributed by atoms with van der Waals surface area (Å²) in [6.07, 6.45) is 2.45. The normalized spacial score (nSPS) is 27.9. The number of benzene rings is 1. The van der Waals surface area contributed by atoms with E-state index in [0.717, 1.165) is 31.2 Å². The van der Waals surface area contributed by atoms with E-state index in [2.05, 4.69) is 0 Å². The van der Waals surface area contributed by atoms with Crippen LogP contribution in [0.4, 0.5) is 0 Å². The number of rotatable bonds is 2. The maximum absolute atomic E-state index is 12.0. The molecule has 0 N–H and O–H groups in total. The van der Waals surface area contributed by atoms with Crippen molar-refractivity contribution in [3.8, 4) is 0 Å². The van der Waals surface area contributed by atoms with Gasteiger partial charge in [0.1, 0.15) is 6.10 Å². The Morgan fingerprint density at radius 2 is 2.00 bits per heavy atom. The summed E-state index contributed by atoms with van der Waals surface area (Å²) in [5.41, 5.74) is 0.772. The van der Waals surface area contributed by atoms with Gasteiger partial charge in [-0.1, -0.05) is 29.8 Å². The first-order valence-corrected chi connectivity index (χ1v) is 7.21. The number of halogens is 1. The third-order valence-electron chi connectivity index (χ3n) is 3.97. The summed E-state index contributed by atoms with van der Waals surface area (Å²) in [5.74, 6) is -1.07. The second-order valence-corrected chi connectivity index (χ2v) is 5.65. The van der Waals surface area contributed by atoms with Gasteiger partial charge in [0.2, 0.25) is 0 Å². The van der Waals surface area contributed by atoms with Crippen LogP contribution in [0.15, 0.2) is 24.3 Å². The van der Waals surface area contributed by atoms with Gasteiger partial charge in [-0.2, -0.15) is 0 Å². The molecule has 1 aliphatic carbocycles. The molecule has 0 bridgehead atoms. The third-order valence-corrected chi connectivity index (χ3v) is 4.31. The highest BCUT2D eigenvalue weighted by atomic mass is 35.5. The first-order chi connectivity index (χ1) is 9.65. The zero-order chi connectivity index (χ0) is 14.2. The van der Waals surface area contributed by atoms with Crippen LogP contribution in [0.2, 0.25) is 5.02 Å². The molecule has 1 spiro atoms. The van der Waals surface area contributed by atoms with Crippen molar-refractivity contribution in [2.45, 2.75) is 43.7 Å². The number of carbonyl (C=O) groups excluding carboxylic acids is 1. The molecule has 0 radical (unpaired) electrons. The smallest absolute Gasteiger partial charge is 0.338 e. The van der Waals surface area contributed by atoms with E-state index in [1.54, 1.807) is 6.07 Å². The summed E-state index contributed by atoms with van der Waals surface area (Å²) in [7, 11) is 1.36. The molecule has 3 rings (SSSR count). The molecule has 0 unspecified atom stereocenters. The van der Waals surface area contributed by atoms with Crippen LogP contribution >= 0.6 is 11.6 Å². The molecule has 108 valence electrons. The van der Waals surface area contributed by atoms with E-state index in [1.165, 1.54) is 7.11 Å². The summed E-state index contributed by atoms with van der Waals surface area (Å²) < 4.78 is 16.9. The van der Waals surface area contributed by atoms with Gasteiger partial charge in [0, 0.05) is 23.4 Å². The highest BCUT2D eigenvalue weighted by Crippen LogP contribution is 2.48. The summed E-state index contributed by atoms with van der Waals surface area (Å²) in [6.45, 7) is 0. The second-order valence-electron chi connectivity index (χ2n) is 5.24. The summed E-state index contributed by atoms with van der Waals surface area (Å²) in [4.78, 5) is 12.0. The monoisotopic (exact) mass is 296 g/mol. The van der Waals surface area contributed by atoms with Crippen LogP contribution in [-0.2, 0) is 19.0 Å². The number of esters is 1. The molecular formula is C15H17ClO4. The van der Waals surface area contributed by atoms with Gasteiger partial charge in [-0.15, -0.1) is 0 Å². The van der Waals surface area contributed by atoms with E-state index >= 15 is 0 Å². The van der Waals surface area contributed by atoms with Gasteiger partial charge >= 0.3 is 5.97 Å². The van der Waals surface area contributed by atoms with Crippen LogP contribution in [0.25, 0.3) is 0 Å². The predicted molar refractivity (Wildman–Crippen MR) is 73.4 cm³/mol. The third kappa shape index (κ3) is 2.32. The zero-order valence-electron chi connectivity index (χ0n) is 11.3. The van der Waals surface area contributed by atoms with Crippen molar-refractivity contribution in [2.24, 2.45) is 0 Å². The summed E-state index contributed by atoms with van der Waals surface area (Å²) in [6, 6.07) is 7.37. The van der Waals surface area contributed by atoms with Crippen molar-refractivity contribution < 1.29 is 19.0 Å². The average Bonchev–Trinajstić information content (AvgIpc) is 3.07. The lowest BCUT2D eigenvalue weighted by atomic mass is 10.0. The molecule has 1 aromatic carbocycles. The molecule has 1 aromatic rings. The predicted octanol–water partition coefficient (Wildman–Crippen LogP) is 3.24. The Morgan fingerprint density at radius 1 is 1.30 bits per heavy atom. The van der Waals surface area contributed by atoms with Crippen LogP contribution in [-0.4, -0.2) is 25.0 Å². The van der Waals surface area contributed by atoms with E-state index in [-0.39, 0.29) is 0 Å². The molecule has 2 aliphatic rings. The fourth-order valence-electron chi connectivity index (χ4n) is 2.98. The molecule has 2 fully saturated rings. The van der Waals surface area contributed by atoms with E-state index in [1.807, 2.05) is 18.2 Å². The molecule has 0 amide bonds. The van der Waals surface area contributed by atoms with Crippen LogP contribution in [0.5, 0.6) is 0 Å². The maximum Gasteiger partial charge on any atom is 0.338 e. The minimum absolute atomic E-state index is 0.418. The number of ether oxygens (including phenoxy) is 3. The molecular weight excluding hydrogens is 280 g/mol. The van der Waals surface area contributed by atoms with Crippen LogP contribution in [0.3, 0.4) is 0 Å². The number of methoxy groups -OCH3 is 1. The lowest BCUT2D eigenvalue weighted by molar-refractivity contribution is -0.180. The second kappa shape index (κ2) is 5.35. The van der Waals surface area contributed by atoms with Crippen LogP contribution < -0.4 is 0 Å². The fraction of sp³-hybridized carbons (Fsp3) is 0.533. The zero-order valence-corrected chi connectivity index (χ0v) is 12.1. The molecule has 2 atom stereocenters. The Morgan fingerprint density at radius 3 is 2.65 bits per heavy atom. The van der Waals surface area contributed by atoms with Gasteiger partial charge in [0.15, 0.2) is 11.9 Å². The molecule has 0 aromatic heterocycles. The number of hydrogen-bond acceptors (Lipinski definition) is 4. The van der Waals surface area contributed by atoms with Crippen molar-refractivity contribution in [2.75, 3.05) is 7.11 Å². The molecule has 1 saturated carbocycles. The van der Waals surface area contributed by atoms with Gasteiger partial charge in [-0.3, -0.25) is 0 Å². The Balaban J connectivity index is 1.94. The highest BCUT2D eigenvalue weighted by Gasteiger charge is 2.53. The SMILES string of the molecule is COC(=O)[C@H]1OC2(CCCC2)O[C@@H]1c1ccccc1Cl. The van der Waals surface area contributed by atoms with Gasteiger partial charge in [0.05, 0.1) is 7.11 Å². The van der Waals surface area contributed by atoms with Crippen molar-refractivity contribution in [1.29, 1.82) is 0 Å². The van der Waals surface area contributed by atoms with E-state index in [4.69, 9.17) is 25.8 Å². The Labute approximate surface area is 123 Å². The Kier molecular flexibility index (Phi) is 3.71. The Bertz CT molecular complexity index is 510. The lowest BCUT2D eigenvalue weighted by Gasteiger charge is -2.21. The molecule has 1 saturated heterocycles. The average molecular weight is 297 g/mol. The van der Waals surface area contributed by atoms with Gasteiger partial charge < -0.3 is 14.2 Å². The van der Waals surface area contributed by atoms with E-state index in [9.17, 15) is 4.79 Å².